The van der Waals surface area contributed by atoms with Gasteiger partial charge in [-0.15, -0.1) is 0 Å². The molecule has 0 spiro atoms. The van der Waals surface area contributed by atoms with Gasteiger partial charge < -0.3 is 56.8 Å². The molecule has 26 bridgehead atoms. The first-order chi connectivity index (χ1) is 62.7. The summed E-state index contributed by atoms with van der Waals surface area (Å²) in [5, 5.41) is 0. The van der Waals surface area contributed by atoms with Crippen LogP contribution in [0.3, 0.4) is 0 Å². The molecule has 0 N–H and O–H groups in total. The van der Waals surface area contributed by atoms with Crippen LogP contribution in [0.4, 0.5) is 0 Å². The molecular weight excluding hydrogens is 1640 g/mol. The first-order valence-electron chi connectivity index (χ1n) is 54.7. The van der Waals surface area contributed by atoms with E-state index >= 15 is 0 Å². The van der Waals surface area contributed by atoms with Crippen molar-refractivity contribution in [1.82, 2.24) is 0 Å². The van der Waals surface area contributed by atoms with Crippen LogP contribution < -0.4 is 0 Å². The lowest BCUT2D eigenvalue weighted by atomic mass is 9.55. The van der Waals surface area contributed by atoms with Crippen LogP contribution in [0.25, 0.3) is 0 Å². The number of carbonyl (C=O) groups excluding carboxylic acids is 8. The molecule has 0 aromatic carbocycles. The number of carbonyl (C=O) groups is 8. The Bertz CT molecular complexity index is 4140. The van der Waals surface area contributed by atoms with E-state index in [-0.39, 0.29) is 135 Å². The van der Waals surface area contributed by atoms with Gasteiger partial charge in [0.15, 0.2) is 27.2 Å². The third-order valence-electron chi connectivity index (χ3n) is 44.6. The van der Waals surface area contributed by atoms with Gasteiger partial charge in [0.05, 0.1) is 71.3 Å². The van der Waals surface area contributed by atoms with Gasteiger partial charge >= 0.3 is 47.8 Å². The molecule has 43 unspecified atom stereocenters. The maximum Gasteiger partial charge on any atom is 0.311 e. The predicted molar refractivity (Wildman–Crippen MR) is 479 cm³/mol. The van der Waals surface area contributed by atoms with Crippen molar-refractivity contribution >= 4 is 47.8 Å². The van der Waals surface area contributed by atoms with Crippen molar-refractivity contribution < 1.29 is 95.2 Å². The van der Waals surface area contributed by atoms with Gasteiger partial charge in [-0.1, -0.05) is 48.0 Å². The van der Waals surface area contributed by atoms with E-state index in [2.05, 4.69) is 0 Å². The summed E-state index contributed by atoms with van der Waals surface area (Å²) >= 11 is 0. The third-order valence-corrected chi connectivity index (χ3v) is 44.6. The second-order valence-electron chi connectivity index (χ2n) is 51.1. The number of hydrogen-bond donors (Lipinski definition) is 0. The van der Waals surface area contributed by atoms with Crippen molar-refractivity contribution in [2.45, 2.75) is 350 Å². The second kappa shape index (κ2) is 36.1. The Hall–Kier alpha value is -4.40. The van der Waals surface area contributed by atoms with E-state index in [1.165, 1.54) is 135 Å². The van der Waals surface area contributed by atoms with Crippen LogP contribution in [0.1, 0.15) is 307 Å². The molecule has 0 aromatic rings. The second-order valence-corrected chi connectivity index (χ2v) is 51.1. The molecule has 722 valence electrons. The Balaban J connectivity index is 0.000000102. The summed E-state index contributed by atoms with van der Waals surface area (Å²) in [5.41, 5.74) is -0.832. The molecule has 43 atom stereocenters. The number of rotatable bonds is 29. The van der Waals surface area contributed by atoms with Gasteiger partial charge in [0.2, 0.25) is 0 Å². The molecule has 0 radical (unpaired) electrons. The Morgan fingerprint density at radius 3 is 0.900 bits per heavy atom. The van der Waals surface area contributed by atoms with Crippen molar-refractivity contribution in [2.24, 2.45) is 253 Å². The first kappa shape index (κ1) is 90.7. The minimum Gasteiger partial charge on any atom is -0.462 e. The fourth-order valence-corrected chi connectivity index (χ4v) is 38.3. The minimum atomic E-state index is -0.416. The summed E-state index contributed by atoms with van der Waals surface area (Å²) in [5.74, 6) is 22.5. The van der Waals surface area contributed by atoms with Crippen LogP contribution in [0.5, 0.6) is 0 Å². The van der Waals surface area contributed by atoms with E-state index in [1.54, 1.807) is 0 Å². The van der Waals surface area contributed by atoms with E-state index in [0.29, 0.717) is 166 Å². The van der Waals surface area contributed by atoms with Crippen molar-refractivity contribution in [2.75, 3.05) is 33.8 Å². The molecule has 0 amide bonds. The van der Waals surface area contributed by atoms with Crippen molar-refractivity contribution in [3.63, 3.8) is 0 Å². The molecule has 0 aliphatic heterocycles. The number of ether oxygens (including phenoxy) is 12. The van der Waals surface area contributed by atoms with Crippen LogP contribution in [0, 0.1) is 253 Å². The standard InChI is InChI=1S/C29H42O5.C28H42O5.C27H40O5.C26H38O5/c1-3-14(2)28(30)34-24-12-18-11-23(24)26-21-9-17(25(18)26)10-22(21)29(31)33-13-32-27-19-5-15-4-16(7-19)8-20(27)6-15;1-4-28(2,3)27(30)33-23-12-18-11-22(23)25-20-9-17(24(18)25)10-21(20)26(29)32-14-31-13-19-8-15-5-6-16(19)7-15;1-4-27(2,3)26(29)32-22-12-17-11-20(22)24-18-9-16(23(17)24)10-19(18)25(28)31-13-30-21-8-14-5-6-15(21)7-14;1-3-13(2)25(27)31-22-11-17-10-20(22)24-18-8-16(23(17)24)9-19(18)26(28)30-12-29-21-7-14-4-5-15(21)6-14/h14-27H,3-13H2,1-2H3;15-25H,4-14H2,1-3H3;14-24H,4-13H2,1-3H3;13-24H,3-12H2,1-2H3. The Kier molecular flexibility index (Phi) is 25.2. The molecule has 0 aromatic heterocycles. The number of esters is 8. The summed E-state index contributed by atoms with van der Waals surface area (Å²) in [6.45, 7) is 21.3. The van der Waals surface area contributed by atoms with Crippen molar-refractivity contribution in [3.8, 4) is 0 Å². The molecule has 26 aliphatic carbocycles. The van der Waals surface area contributed by atoms with Crippen LogP contribution in [0.15, 0.2) is 0 Å². The maximum absolute atomic E-state index is 13.2. The highest BCUT2D eigenvalue weighted by Gasteiger charge is 2.72. The van der Waals surface area contributed by atoms with E-state index in [1.807, 2.05) is 69.2 Å². The molecule has 26 saturated carbocycles. The lowest BCUT2D eigenvalue weighted by molar-refractivity contribution is -0.192. The van der Waals surface area contributed by atoms with Crippen LogP contribution in [-0.2, 0) is 95.2 Å². The fourth-order valence-electron chi connectivity index (χ4n) is 38.3. The molecule has 26 fully saturated rings. The van der Waals surface area contributed by atoms with Gasteiger partial charge in [-0.3, -0.25) is 38.4 Å². The average Bonchev–Trinajstić information content (AvgIpc) is 1.55. The minimum absolute atomic E-state index is 0.0186. The predicted octanol–water partition coefficient (Wildman–Crippen LogP) is 20.0. The van der Waals surface area contributed by atoms with Gasteiger partial charge in [-0.25, -0.2) is 0 Å². The molecular formula is C110H162O20. The molecule has 20 nitrogen and oxygen atoms in total. The third kappa shape index (κ3) is 16.3. The summed E-state index contributed by atoms with van der Waals surface area (Å²) in [6, 6.07) is 0. The quantitative estimate of drug-likeness (QED) is 0.0222. The van der Waals surface area contributed by atoms with Gasteiger partial charge in [-0.2, -0.15) is 0 Å². The molecule has 0 heterocycles. The zero-order valence-corrected chi connectivity index (χ0v) is 80.6. The van der Waals surface area contributed by atoms with Crippen LogP contribution >= 0.6 is 0 Å². The van der Waals surface area contributed by atoms with Gasteiger partial charge in [0.25, 0.3) is 0 Å². The highest BCUT2D eigenvalue weighted by Crippen LogP contribution is 2.74. The molecule has 26 rings (SSSR count). The Labute approximate surface area is 775 Å². The summed E-state index contributed by atoms with van der Waals surface area (Å²) in [6.07, 6.45) is 44.4. The van der Waals surface area contributed by atoms with E-state index in [9.17, 15) is 38.4 Å². The van der Waals surface area contributed by atoms with E-state index in [4.69, 9.17) is 56.8 Å². The highest BCUT2D eigenvalue weighted by molar-refractivity contribution is 5.78. The molecule has 20 heteroatoms. The Morgan fingerprint density at radius 2 is 0.585 bits per heavy atom. The van der Waals surface area contributed by atoms with Gasteiger partial charge in [-0.05, 0) is 466 Å². The zero-order chi connectivity index (χ0) is 89.5. The summed E-state index contributed by atoms with van der Waals surface area (Å²) in [7, 11) is 0. The lowest BCUT2D eigenvalue weighted by Crippen LogP contribution is -2.49. The highest BCUT2D eigenvalue weighted by atomic mass is 16.7. The summed E-state index contributed by atoms with van der Waals surface area (Å²) in [4.78, 5) is 102. The SMILES string of the molecule is CCC(C)(C)C(=O)OC1CC2CC1C1C3CC(CC3C(=O)OCOC3CC4CCC3C4)C21.CCC(C)(C)C(=O)OC1CC2CC1C1C3CC(CC3C(=O)OCOCC3CC4CCC3C4)C21.CCC(C)C(=O)OC1CC2CC1C1C3CC(CC3C(=O)OCOC3C4CC5CC(C4)CC3C5)C21.CCC(C)C(=O)OC1CC2CC1C1C3CC(CC3C(=O)OCOC3CC4CCC3C4)C21. The van der Waals surface area contributed by atoms with E-state index in [0.717, 1.165) is 169 Å². The van der Waals surface area contributed by atoms with Gasteiger partial charge in [0.1, 0.15) is 24.4 Å². The largest absolute Gasteiger partial charge is 0.462 e. The number of hydrogen-bond acceptors (Lipinski definition) is 20. The Morgan fingerprint density at radius 1 is 0.277 bits per heavy atom. The monoisotopic (exact) mass is 1800 g/mol. The average molecular weight is 1800 g/mol. The normalized spacial score (nSPS) is 49.0. The molecule has 0 saturated heterocycles. The maximum atomic E-state index is 13.2. The fraction of sp³-hybridized carbons (Fsp3) is 0.927. The smallest absolute Gasteiger partial charge is 0.311 e. The molecule has 26 aliphatic rings. The summed E-state index contributed by atoms with van der Waals surface area (Å²) < 4.78 is 71.0. The molecule has 130 heavy (non-hydrogen) atoms. The van der Waals surface area contributed by atoms with Crippen molar-refractivity contribution in [3.05, 3.63) is 0 Å². The van der Waals surface area contributed by atoms with Crippen LogP contribution in [-0.4, -0.2) is 124 Å². The number of fused-ring (bicyclic) bond motifs is 42. The van der Waals surface area contributed by atoms with Crippen LogP contribution in [0.2, 0.25) is 0 Å². The topological polar surface area (TPSA) is 247 Å². The zero-order valence-electron chi connectivity index (χ0n) is 80.6. The first-order valence-corrected chi connectivity index (χ1v) is 54.7. The lowest BCUT2D eigenvalue weighted by Gasteiger charge is -2.53. The van der Waals surface area contributed by atoms with Crippen molar-refractivity contribution in [1.29, 1.82) is 0 Å². The van der Waals surface area contributed by atoms with E-state index < -0.39 is 10.8 Å². The van der Waals surface area contributed by atoms with Gasteiger partial charge in [0, 0.05) is 0 Å².